The van der Waals surface area contributed by atoms with Gasteiger partial charge in [0.25, 0.3) is 0 Å². The van der Waals surface area contributed by atoms with Gasteiger partial charge >= 0.3 is 0 Å². The molecule has 0 aliphatic rings. The molecule has 88 valence electrons. The number of benzene rings is 1. The number of nitrogens with two attached hydrogens (primary N) is 1. The fraction of sp³-hybridized carbons (Fsp3) is 0.100. The minimum absolute atomic E-state index is 0.0863. The third kappa shape index (κ3) is 2.65. The lowest BCUT2D eigenvalue weighted by Gasteiger charge is -2.04. The zero-order chi connectivity index (χ0) is 12.4. The molecule has 0 unspecified atom stereocenters. The lowest BCUT2D eigenvalue weighted by Crippen LogP contribution is -2.06. The second-order valence-electron chi connectivity index (χ2n) is 3.26. The summed E-state index contributed by atoms with van der Waals surface area (Å²) in [5.74, 6) is -1.30. The molecule has 1 aromatic carbocycles. The van der Waals surface area contributed by atoms with E-state index >= 15 is 0 Å². The van der Waals surface area contributed by atoms with E-state index < -0.39 is 11.6 Å². The fourth-order valence-electron chi connectivity index (χ4n) is 1.35. The van der Waals surface area contributed by atoms with Gasteiger partial charge in [0.2, 0.25) is 11.2 Å². The molecule has 1 aromatic heterocycles. The molecular formula is C10H7ClF2N4. The van der Waals surface area contributed by atoms with Crippen LogP contribution in [0.25, 0.3) is 0 Å². The highest BCUT2D eigenvalue weighted by atomic mass is 35.5. The van der Waals surface area contributed by atoms with E-state index in [2.05, 4.69) is 15.0 Å². The summed E-state index contributed by atoms with van der Waals surface area (Å²) < 4.78 is 26.7. The van der Waals surface area contributed by atoms with Gasteiger partial charge < -0.3 is 5.73 Å². The summed E-state index contributed by atoms with van der Waals surface area (Å²) in [5, 5.41) is -0.107. The van der Waals surface area contributed by atoms with Crippen LogP contribution in [0, 0.1) is 11.6 Å². The Morgan fingerprint density at radius 3 is 2.35 bits per heavy atom. The Morgan fingerprint density at radius 1 is 1.12 bits per heavy atom. The van der Waals surface area contributed by atoms with Gasteiger partial charge in [0.05, 0.1) is 0 Å². The van der Waals surface area contributed by atoms with Crippen LogP contribution in [-0.2, 0) is 6.42 Å². The summed E-state index contributed by atoms with van der Waals surface area (Å²) in [6, 6.07) is 3.60. The minimum Gasteiger partial charge on any atom is -0.368 e. The molecule has 0 saturated heterocycles. The molecule has 0 spiro atoms. The molecule has 17 heavy (non-hydrogen) atoms. The third-order valence-electron chi connectivity index (χ3n) is 2.07. The van der Waals surface area contributed by atoms with Crippen LogP contribution >= 0.6 is 11.6 Å². The van der Waals surface area contributed by atoms with E-state index in [1.807, 2.05) is 0 Å². The molecule has 4 nitrogen and oxygen atoms in total. The van der Waals surface area contributed by atoms with Gasteiger partial charge in [0.1, 0.15) is 17.5 Å². The first kappa shape index (κ1) is 11.7. The van der Waals surface area contributed by atoms with Crippen LogP contribution in [0.15, 0.2) is 18.2 Å². The van der Waals surface area contributed by atoms with Crippen LogP contribution in [0.4, 0.5) is 14.7 Å². The number of nitrogen functional groups attached to an aromatic ring is 1. The van der Waals surface area contributed by atoms with Crippen molar-refractivity contribution in [2.24, 2.45) is 0 Å². The van der Waals surface area contributed by atoms with E-state index in [4.69, 9.17) is 17.3 Å². The SMILES string of the molecule is Nc1nc(Cl)nc(Cc2c(F)cccc2F)n1. The highest BCUT2D eigenvalue weighted by Gasteiger charge is 2.12. The Kier molecular flexibility index (Phi) is 3.14. The molecular weight excluding hydrogens is 250 g/mol. The van der Waals surface area contributed by atoms with Crippen molar-refractivity contribution in [3.63, 3.8) is 0 Å². The first-order chi connectivity index (χ1) is 8.06. The van der Waals surface area contributed by atoms with Crippen molar-refractivity contribution < 1.29 is 8.78 Å². The van der Waals surface area contributed by atoms with Gasteiger partial charge in [0, 0.05) is 12.0 Å². The maximum absolute atomic E-state index is 13.4. The summed E-state index contributed by atoms with van der Waals surface area (Å²) in [4.78, 5) is 11.0. The second kappa shape index (κ2) is 4.58. The second-order valence-corrected chi connectivity index (χ2v) is 3.59. The molecule has 2 N–H and O–H groups in total. The molecule has 0 aliphatic carbocycles. The van der Waals surface area contributed by atoms with Gasteiger partial charge in [-0.25, -0.2) is 13.8 Å². The standard InChI is InChI=1S/C10H7ClF2N4/c11-9-15-8(16-10(14)17-9)4-5-6(12)2-1-3-7(5)13/h1-3H,4H2,(H2,14,15,16,17). The van der Waals surface area contributed by atoms with E-state index in [1.165, 1.54) is 6.07 Å². The molecule has 0 fully saturated rings. The predicted molar refractivity (Wildman–Crippen MR) is 58.4 cm³/mol. The van der Waals surface area contributed by atoms with Crippen molar-refractivity contribution in [1.82, 2.24) is 15.0 Å². The molecule has 0 radical (unpaired) electrons. The molecule has 0 atom stereocenters. The van der Waals surface area contributed by atoms with Crippen molar-refractivity contribution in [3.8, 4) is 0 Å². The van der Waals surface area contributed by atoms with Gasteiger partial charge in [-0.2, -0.15) is 9.97 Å². The number of aromatic nitrogens is 3. The lowest BCUT2D eigenvalue weighted by atomic mass is 10.1. The monoisotopic (exact) mass is 256 g/mol. The zero-order valence-electron chi connectivity index (χ0n) is 8.49. The van der Waals surface area contributed by atoms with Crippen LogP contribution in [-0.4, -0.2) is 15.0 Å². The third-order valence-corrected chi connectivity index (χ3v) is 2.24. The number of halogens is 3. The predicted octanol–water partition coefficient (Wildman–Crippen LogP) is 1.98. The van der Waals surface area contributed by atoms with Crippen LogP contribution in [0.3, 0.4) is 0 Å². The van der Waals surface area contributed by atoms with E-state index in [0.29, 0.717) is 0 Å². The quantitative estimate of drug-likeness (QED) is 0.892. The molecule has 2 aromatic rings. The van der Waals surface area contributed by atoms with Crippen LogP contribution in [0.2, 0.25) is 5.28 Å². The van der Waals surface area contributed by atoms with Gasteiger partial charge in [-0.3, -0.25) is 0 Å². The van der Waals surface area contributed by atoms with E-state index in [-0.39, 0.29) is 29.0 Å². The normalized spacial score (nSPS) is 10.5. The molecule has 1 heterocycles. The highest BCUT2D eigenvalue weighted by molar-refractivity contribution is 6.28. The largest absolute Gasteiger partial charge is 0.368 e. The van der Waals surface area contributed by atoms with Gasteiger partial charge in [0.15, 0.2) is 0 Å². The first-order valence-electron chi connectivity index (χ1n) is 4.65. The number of rotatable bonds is 2. The average molecular weight is 257 g/mol. The molecule has 7 heteroatoms. The van der Waals surface area contributed by atoms with E-state index in [0.717, 1.165) is 12.1 Å². The maximum Gasteiger partial charge on any atom is 0.227 e. The van der Waals surface area contributed by atoms with Crippen LogP contribution < -0.4 is 5.73 Å². The summed E-state index contributed by atoms with van der Waals surface area (Å²) >= 11 is 5.57. The molecule has 0 bridgehead atoms. The van der Waals surface area contributed by atoms with Crippen molar-refractivity contribution in [2.45, 2.75) is 6.42 Å². The average Bonchev–Trinajstić information content (AvgIpc) is 2.22. The molecule has 0 saturated carbocycles. The molecule has 0 amide bonds. The zero-order valence-corrected chi connectivity index (χ0v) is 9.25. The van der Waals surface area contributed by atoms with Gasteiger partial charge in [-0.1, -0.05) is 6.07 Å². The number of anilines is 1. The Bertz CT molecular complexity index is 521. The fourth-order valence-corrected chi connectivity index (χ4v) is 1.53. The van der Waals surface area contributed by atoms with Crippen molar-refractivity contribution in [1.29, 1.82) is 0 Å². The molecule has 2 rings (SSSR count). The Hall–Kier alpha value is -1.82. The summed E-state index contributed by atoms with van der Waals surface area (Å²) in [6.45, 7) is 0. The minimum atomic E-state index is -0.667. The van der Waals surface area contributed by atoms with Crippen molar-refractivity contribution >= 4 is 17.5 Å². The number of hydrogen-bond donors (Lipinski definition) is 1. The highest BCUT2D eigenvalue weighted by Crippen LogP contribution is 2.16. The van der Waals surface area contributed by atoms with Gasteiger partial charge in [-0.15, -0.1) is 0 Å². The van der Waals surface area contributed by atoms with Crippen LogP contribution in [0.5, 0.6) is 0 Å². The van der Waals surface area contributed by atoms with Crippen molar-refractivity contribution in [2.75, 3.05) is 5.73 Å². The maximum atomic E-state index is 13.4. The van der Waals surface area contributed by atoms with E-state index in [1.54, 1.807) is 0 Å². The topological polar surface area (TPSA) is 64.7 Å². The number of hydrogen-bond acceptors (Lipinski definition) is 4. The Labute approximate surface area is 100 Å². The summed E-state index contributed by atoms with van der Waals surface area (Å²) in [6.07, 6.45) is -0.134. The van der Waals surface area contributed by atoms with E-state index in [9.17, 15) is 8.78 Å². The van der Waals surface area contributed by atoms with Crippen molar-refractivity contribution in [3.05, 3.63) is 46.5 Å². The summed E-state index contributed by atoms with van der Waals surface area (Å²) in [7, 11) is 0. The Morgan fingerprint density at radius 2 is 1.76 bits per heavy atom. The van der Waals surface area contributed by atoms with Crippen LogP contribution in [0.1, 0.15) is 11.4 Å². The number of nitrogens with zero attached hydrogens (tertiary/aromatic N) is 3. The van der Waals surface area contributed by atoms with Gasteiger partial charge in [-0.05, 0) is 23.7 Å². The Balaban J connectivity index is 2.38. The smallest absolute Gasteiger partial charge is 0.227 e. The summed E-state index contributed by atoms with van der Waals surface area (Å²) in [5.41, 5.74) is 5.22. The lowest BCUT2D eigenvalue weighted by molar-refractivity contribution is 0.559. The molecule has 0 aliphatic heterocycles. The first-order valence-corrected chi connectivity index (χ1v) is 5.03.